The van der Waals surface area contributed by atoms with Crippen LogP contribution in [0.15, 0.2) is 30.5 Å². The molecule has 0 aliphatic carbocycles. The van der Waals surface area contributed by atoms with Crippen LogP contribution in [0.4, 0.5) is 0 Å². The van der Waals surface area contributed by atoms with E-state index in [-0.39, 0.29) is 0 Å². The van der Waals surface area contributed by atoms with Crippen LogP contribution in [0, 0.1) is 6.92 Å². The first-order chi connectivity index (χ1) is 11.2. The van der Waals surface area contributed by atoms with Crippen molar-refractivity contribution in [2.24, 2.45) is 0 Å². The Bertz CT molecular complexity index is 632. The van der Waals surface area contributed by atoms with Gasteiger partial charge in [-0.1, -0.05) is 0 Å². The largest absolute Gasteiger partial charge is 0.497 e. The summed E-state index contributed by atoms with van der Waals surface area (Å²) in [6.07, 6.45) is 4.52. The van der Waals surface area contributed by atoms with Gasteiger partial charge in [-0.3, -0.25) is 0 Å². The Labute approximate surface area is 142 Å². The fraction of sp³-hybridized carbons (Fsp3) is 0.500. The second kappa shape index (κ2) is 7.41. The topological polar surface area (TPSA) is 39.1 Å². The summed E-state index contributed by atoms with van der Waals surface area (Å²) >= 11 is 2.06. The average molecular weight is 331 g/mol. The zero-order valence-corrected chi connectivity index (χ0v) is 14.9. The van der Waals surface area contributed by atoms with Gasteiger partial charge in [0.15, 0.2) is 0 Å². The highest BCUT2D eigenvalue weighted by atomic mass is 32.2. The van der Waals surface area contributed by atoms with Gasteiger partial charge in [0.1, 0.15) is 5.75 Å². The first-order valence-corrected chi connectivity index (χ1v) is 9.37. The van der Waals surface area contributed by atoms with Crippen molar-refractivity contribution in [1.29, 1.82) is 0 Å². The lowest BCUT2D eigenvalue weighted by Gasteiger charge is -2.26. The number of hydrogen-bond donors (Lipinski definition) is 1. The molecule has 1 aliphatic rings. The fourth-order valence-electron chi connectivity index (χ4n) is 3.14. The zero-order chi connectivity index (χ0) is 16.2. The maximum atomic E-state index is 5.22. The van der Waals surface area contributed by atoms with Crippen LogP contribution in [0.5, 0.6) is 5.75 Å². The zero-order valence-electron chi connectivity index (χ0n) is 14.1. The van der Waals surface area contributed by atoms with E-state index in [9.17, 15) is 0 Å². The summed E-state index contributed by atoms with van der Waals surface area (Å²) in [5.41, 5.74) is 3.54. The van der Waals surface area contributed by atoms with Crippen LogP contribution in [0.2, 0.25) is 0 Å². The molecule has 1 aromatic heterocycles. The van der Waals surface area contributed by atoms with E-state index in [2.05, 4.69) is 36.0 Å². The molecule has 1 aliphatic heterocycles. The molecule has 3 rings (SSSR count). The van der Waals surface area contributed by atoms with Crippen molar-refractivity contribution in [3.05, 3.63) is 41.7 Å². The molecule has 0 amide bonds. The third kappa shape index (κ3) is 3.72. The van der Waals surface area contributed by atoms with E-state index in [1.54, 1.807) is 7.11 Å². The van der Waals surface area contributed by atoms with E-state index in [0.717, 1.165) is 11.4 Å². The van der Waals surface area contributed by atoms with Gasteiger partial charge in [-0.15, -0.1) is 0 Å². The van der Waals surface area contributed by atoms with Crippen molar-refractivity contribution in [3.63, 3.8) is 0 Å². The fourth-order valence-corrected chi connectivity index (χ4v) is 4.25. The second-order valence-electron chi connectivity index (χ2n) is 6.07. The van der Waals surface area contributed by atoms with Gasteiger partial charge >= 0.3 is 0 Å². The molecule has 23 heavy (non-hydrogen) atoms. The van der Waals surface area contributed by atoms with Crippen molar-refractivity contribution in [2.75, 3.05) is 18.6 Å². The number of methoxy groups -OCH3 is 1. The Morgan fingerprint density at radius 1 is 1.26 bits per heavy atom. The highest BCUT2D eigenvalue weighted by Gasteiger charge is 2.19. The summed E-state index contributed by atoms with van der Waals surface area (Å²) in [7, 11) is 1.68. The van der Waals surface area contributed by atoms with E-state index in [1.165, 1.54) is 35.6 Å². The summed E-state index contributed by atoms with van der Waals surface area (Å²) in [5.74, 6) is 3.41. The van der Waals surface area contributed by atoms with Crippen molar-refractivity contribution in [2.45, 2.75) is 38.8 Å². The number of ether oxygens (including phenoxy) is 1. The van der Waals surface area contributed by atoms with Crippen LogP contribution in [0.1, 0.15) is 37.1 Å². The standard InChI is InChI=1S/C18H25N3OS/c1-13(20-15-8-10-23-11-9-15)18-12-19-21(14(18)2)16-4-6-17(22-3)7-5-16/h4-7,12-13,15,20H,8-11H2,1-3H3. The minimum Gasteiger partial charge on any atom is -0.497 e. The molecule has 4 nitrogen and oxygen atoms in total. The molecule has 1 unspecified atom stereocenters. The van der Waals surface area contributed by atoms with Crippen LogP contribution in [-0.2, 0) is 0 Å². The van der Waals surface area contributed by atoms with E-state index in [0.29, 0.717) is 12.1 Å². The molecule has 0 radical (unpaired) electrons. The number of benzene rings is 1. The second-order valence-corrected chi connectivity index (χ2v) is 7.29. The van der Waals surface area contributed by atoms with Crippen molar-refractivity contribution in [3.8, 4) is 11.4 Å². The van der Waals surface area contributed by atoms with E-state index in [4.69, 9.17) is 4.74 Å². The van der Waals surface area contributed by atoms with Crippen LogP contribution in [0.25, 0.3) is 5.69 Å². The molecule has 1 atom stereocenters. The minimum atomic E-state index is 0.329. The van der Waals surface area contributed by atoms with Crippen LogP contribution in [-0.4, -0.2) is 34.4 Å². The summed E-state index contributed by atoms with van der Waals surface area (Å²) < 4.78 is 7.23. The van der Waals surface area contributed by atoms with Crippen LogP contribution >= 0.6 is 11.8 Å². The highest BCUT2D eigenvalue weighted by Crippen LogP contribution is 2.24. The normalized spacial score (nSPS) is 17.2. The molecule has 1 fully saturated rings. The molecular formula is C18H25N3OS. The molecule has 0 spiro atoms. The van der Waals surface area contributed by atoms with Gasteiger partial charge < -0.3 is 10.1 Å². The molecule has 2 aromatic rings. The number of nitrogens with zero attached hydrogens (tertiary/aromatic N) is 2. The summed E-state index contributed by atoms with van der Waals surface area (Å²) in [6, 6.07) is 8.98. The highest BCUT2D eigenvalue weighted by molar-refractivity contribution is 7.99. The van der Waals surface area contributed by atoms with E-state index in [1.807, 2.05) is 35.1 Å². The monoisotopic (exact) mass is 331 g/mol. The maximum Gasteiger partial charge on any atom is 0.119 e. The van der Waals surface area contributed by atoms with Gasteiger partial charge in [0.05, 0.1) is 19.0 Å². The number of nitrogens with one attached hydrogen (secondary N) is 1. The van der Waals surface area contributed by atoms with Crippen LogP contribution in [0.3, 0.4) is 0 Å². The molecule has 2 heterocycles. The maximum absolute atomic E-state index is 5.22. The number of thioether (sulfide) groups is 1. The molecule has 1 saturated heterocycles. The molecule has 1 N–H and O–H groups in total. The van der Waals surface area contributed by atoms with Crippen LogP contribution < -0.4 is 10.1 Å². The summed E-state index contributed by atoms with van der Waals surface area (Å²) in [5, 5.41) is 8.36. The lowest BCUT2D eigenvalue weighted by atomic mass is 10.1. The molecule has 124 valence electrons. The third-order valence-corrected chi connectivity index (χ3v) is 5.59. The summed E-state index contributed by atoms with van der Waals surface area (Å²) in [6.45, 7) is 4.38. The van der Waals surface area contributed by atoms with Crippen molar-refractivity contribution >= 4 is 11.8 Å². The molecule has 1 aromatic carbocycles. The van der Waals surface area contributed by atoms with Gasteiger partial charge in [-0.2, -0.15) is 16.9 Å². The first-order valence-electron chi connectivity index (χ1n) is 8.22. The lowest BCUT2D eigenvalue weighted by Crippen LogP contribution is -2.34. The third-order valence-electron chi connectivity index (χ3n) is 4.54. The molecular weight excluding hydrogens is 306 g/mol. The SMILES string of the molecule is COc1ccc(-n2ncc(C(C)NC3CCSCC3)c2C)cc1. The Morgan fingerprint density at radius 3 is 2.61 bits per heavy atom. The minimum absolute atomic E-state index is 0.329. The van der Waals surface area contributed by atoms with Gasteiger partial charge in [0.2, 0.25) is 0 Å². The van der Waals surface area contributed by atoms with E-state index < -0.39 is 0 Å². The predicted octanol–water partition coefficient (Wildman–Crippen LogP) is 3.74. The Balaban J connectivity index is 1.74. The lowest BCUT2D eigenvalue weighted by molar-refractivity contribution is 0.414. The van der Waals surface area contributed by atoms with Crippen molar-refractivity contribution in [1.82, 2.24) is 15.1 Å². The average Bonchev–Trinajstić information content (AvgIpc) is 2.97. The number of rotatable bonds is 5. The quantitative estimate of drug-likeness (QED) is 0.906. The van der Waals surface area contributed by atoms with E-state index >= 15 is 0 Å². The predicted molar refractivity (Wildman–Crippen MR) is 96.8 cm³/mol. The molecule has 5 heteroatoms. The Kier molecular flexibility index (Phi) is 5.28. The van der Waals surface area contributed by atoms with Gasteiger partial charge in [-0.25, -0.2) is 4.68 Å². The smallest absolute Gasteiger partial charge is 0.119 e. The van der Waals surface area contributed by atoms with Crippen molar-refractivity contribution < 1.29 is 4.74 Å². The Morgan fingerprint density at radius 2 is 1.96 bits per heavy atom. The summed E-state index contributed by atoms with van der Waals surface area (Å²) in [4.78, 5) is 0. The van der Waals surface area contributed by atoms with Gasteiger partial charge in [-0.05, 0) is 62.5 Å². The Hall–Kier alpha value is -1.46. The number of hydrogen-bond acceptors (Lipinski definition) is 4. The first kappa shape index (κ1) is 16.4. The molecule has 0 saturated carbocycles. The molecule has 0 bridgehead atoms. The van der Waals surface area contributed by atoms with Gasteiger partial charge in [0, 0.05) is 23.3 Å². The van der Waals surface area contributed by atoms with Gasteiger partial charge in [0.25, 0.3) is 0 Å². The number of aromatic nitrogens is 2.